The van der Waals surface area contributed by atoms with Crippen molar-refractivity contribution < 1.29 is 26.4 Å². The highest BCUT2D eigenvalue weighted by Crippen LogP contribution is 2.27. The van der Waals surface area contributed by atoms with Crippen molar-refractivity contribution >= 4 is 48.9 Å². The third-order valence-corrected chi connectivity index (χ3v) is 9.11. The van der Waals surface area contributed by atoms with Gasteiger partial charge >= 0.3 is 0 Å². The van der Waals surface area contributed by atoms with E-state index in [4.69, 9.17) is 16.3 Å². The number of likely N-dealkylation sites (tertiary alicyclic amines) is 1. The highest BCUT2D eigenvalue weighted by Gasteiger charge is 2.24. The number of halogens is 1. The van der Waals surface area contributed by atoms with E-state index in [0.717, 1.165) is 25.7 Å². The van der Waals surface area contributed by atoms with Gasteiger partial charge in [0.2, 0.25) is 0 Å². The smallest absolute Gasteiger partial charge is 0.261 e. The van der Waals surface area contributed by atoms with Gasteiger partial charge in [0.1, 0.15) is 5.75 Å². The second-order valence-corrected chi connectivity index (χ2v) is 12.6. The predicted octanol–water partition coefficient (Wildman–Crippen LogP) is 4.97. The maximum absolute atomic E-state index is 13.2. The Balaban J connectivity index is 1.53. The summed E-state index contributed by atoms with van der Waals surface area (Å²) in [5, 5.41) is 0.379. The van der Waals surface area contributed by atoms with Gasteiger partial charge in [-0.1, -0.05) is 30.5 Å². The van der Waals surface area contributed by atoms with Gasteiger partial charge in [0, 0.05) is 23.8 Å². The lowest BCUT2D eigenvalue weighted by atomic mass is 10.1. The zero-order valence-electron chi connectivity index (χ0n) is 20.7. The predicted molar refractivity (Wildman–Crippen MR) is 147 cm³/mol. The van der Waals surface area contributed by atoms with Crippen molar-refractivity contribution in [1.29, 1.82) is 0 Å². The van der Waals surface area contributed by atoms with Crippen LogP contribution >= 0.6 is 11.6 Å². The standard InChI is InChI=1S/C26H28ClN3O6S2/c1-36-25-14-13-23(18-24(25)26(31)30-15-4-2-3-5-16-30)38(34,35)28-20-9-11-22(12-10-20)37(32,33)29-21-8-6-7-19(27)17-21/h6-14,17-18,28-29H,2-5,15-16H2,1H3. The van der Waals surface area contributed by atoms with E-state index in [1.807, 2.05) is 0 Å². The molecule has 3 aromatic rings. The number of sulfonamides is 2. The summed E-state index contributed by atoms with van der Waals surface area (Å²) in [5.74, 6) is 0.0162. The zero-order valence-corrected chi connectivity index (χ0v) is 23.1. The first-order valence-corrected chi connectivity index (χ1v) is 15.3. The summed E-state index contributed by atoms with van der Waals surface area (Å²) in [6.45, 7) is 1.22. The highest BCUT2D eigenvalue weighted by atomic mass is 35.5. The summed E-state index contributed by atoms with van der Waals surface area (Å²) in [7, 11) is -6.58. The monoisotopic (exact) mass is 577 g/mol. The molecule has 1 saturated heterocycles. The first-order chi connectivity index (χ1) is 18.1. The Morgan fingerprint density at radius 2 is 1.39 bits per heavy atom. The summed E-state index contributed by atoms with van der Waals surface area (Å²) in [4.78, 5) is 14.8. The highest BCUT2D eigenvalue weighted by molar-refractivity contribution is 7.93. The summed E-state index contributed by atoms with van der Waals surface area (Å²) in [6.07, 6.45) is 3.90. The molecule has 1 aliphatic heterocycles. The van der Waals surface area contributed by atoms with E-state index in [1.54, 1.807) is 23.1 Å². The summed E-state index contributed by atoms with van der Waals surface area (Å²) in [6, 6.07) is 15.6. The van der Waals surface area contributed by atoms with E-state index < -0.39 is 20.0 Å². The van der Waals surface area contributed by atoms with Crippen LogP contribution in [0.4, 0.5) is 11.4 Å². The van der Waals surface area contributed by atoms with E-state index in [9.17, 15) is 21.6 Å². The van der Waals surface area contributed by atoms with E-state index in [-0.39, 0.29) is 26.9 Å². The van der Waals surface area contributed by atoms with Gasteiger partial charge < -0.3 is 9.64 Å². The van der Waals surface area contributed by atoms with Gasteiger partial charge in [0.15, 0.2) is 0 Å². The van der Waals surface area contributed by atoms with E-state index in [1.165, 1.54) is 55.6 Å². The minimum atomic E-state index is -4.09. The lowest BCUT2D eigenvalue weighted by molar-refractivity contribution is 0.0758. The molecule has 0 atom stereocenters. The second kappa shape index (κ2) is 11.6. The van der Waals surface area contributed by atoms with E-state index in [2.05, 4.69) is 9.44 Å². The van der Waals surface area contributed by atoms with Crippen molar-refractivity contribution in [3.05, 3.63) is 77.3 Å². The molecule has 1 heterocycles. The largest absolute Gasteiger partial charge is 0.496 e. The zero-order chi connectivity index (χ0) is 27.3. The van der Waals surface area contributed by atoms with Crippen LogP contribution in [0, 0.1) is 0 Å². The van der Waals surface area contributed by atoms with Crippen LogP contribution < -0.4 is 14.2 Å². The van der Waals surface area contributed by atoms with Gasteiger partial charge in [0.25, 0.3) is 26.0 Å². The van der Waals surface area contributed by atoms with Gasteiger partial charge in [-0.15, -0.1) is 0 Å². The van der Waals surface area contributed by atoms with Crippen LogP contribution in [0.15, 0.2) is 76.5 Å². The molecule has 0 saturated carbocycles. The number of rotatable bonds is 8. The Labute approximate surface area is 227 Å². The SMILES string of the molecule is COc1ccc(S(=O)(=O)Nc2ccc(S(=O)(=O)Nc3cccc(Cl)c3)cc2)cc1C(=O)N1CCCCCC1. The molecule has 0 unspecified atom stereocenters. The minimum absolute atomic E-state index is 0.0600. The fourth-order valence-electron chi connectivity index (χ4n) is 4.15. The molecule has 0 aliphatic carbocycles. The minimum Gasteiger partial charge on any atom is -0.496 e. The second-order valence-electron chi connectivity index (χ2n) is 8.81. The van der Waals surface area contributed by atoms with Crippen LogP contribution in [0.2, 0.25) is 5.02 Å². The topological polar surface area (TPSA) is 122 Å². The molecule has 1 fully saturated rings. The molecule has 38 heavy (non-hydrogen) atoms. The third-order valence-electron chi connectivity index (χ3n) is 6.10. The van der Waals surface area contributed by atoms with Crippen molar-refractivity contribution in [2.75, 3.05) is 29.6 Å². The summed E-state index contributed by atoms with van der Waals surface area (Å²) in [5.41, 5.74) is 0.626. The number of carbonyl (C=O) groups excluding carboxylic acids is 1. The molecule has 0 radical (unpaired) electrons. The maximum atomic E-state index is 13.2. The Morgan fingerprint density at radius 3 is 2.03 bits per heavy atom. The van der Waals surface area contributed by atoms with Gasteiger partial charge in [-0.3, -0.25) is 14.2 Å². The van der Waals surface area contributed by atoms with Crippen LogP contribution in [0.3, 0.4) is 0 Å². The quantitative estimate of drug-likeness (QED) is 0.390. The van der Waals surface area contributed by atoms with Gasteiger partial charge in [0.05, 0.1) is 28.2 Å². The fraction of sp³-hybridized carbons (Fsp3) is 0.269. The molecule has 12 heteroatoms. The molecule has 202 valence electrons. The van der Waals surface area contributed by atoms with Gasteiger partial charge in [-0.2, -0.15) is 0 Å². The summed E-state index contributed by atoms with van der Waals surface area (Å²) >= 11 is 5.91. The molecule has 1 amide bonds. The molecular weight excluding hydrogens is 550 g/mol. The molecule has 2 N–H and O–H groups in total. The lowest BCUT2D eigenvalue weighted by Crippen LogP contribution is -2.32. The Morgan fingerprint density at radius 1 is 0.789 bits per heavy atom. The van der Waals surface area contributed by atoms with Crippen molar-refractivity contribution in [2.24, 2.45) is 0 Å². The van der Waals surface area contributed by atoms with Crippen LogP contribution in [0.25, 0.3) is 0 Å². The van der Waals surface area contributed by atoms with Crippen molar-refractivity contribution in [3.63, 3.8) is 0 Å². The first kappa shape index (κ1) is 27.7. The number of benzene rings is 3. The Hall–Kier alpha value is -3.28. The number of amides is 1. The Kier molecular flexibility index (Phi) is 8.49. The van der Waals surface area contributed by atoms with E-state index >= 15 is 0 Å². The number of anilines is 2. The molecule has 0 bridgehead atoms. The number of hydrogen-bond acceptors (Lipinski definition) is 6. The van der Waals surface area contributed by atoms with Gasteiger partial charge in [-0.05, 0) is 73.5 Å². The number of ether oxygens (including phenoxy) is 1. The fourth-order valence-corrected chi connectivity index (χ4v) is 6.47. The normalized spacial score (nSPS) is 14.4. The number of nitrogens with zero attached hydrogens (tertiary/aromatic N) is 1. The van der Waals surface area contributed by atoms with Crippen LogP contribution in [-0.2, 0) is 20.0 Å². The van der Waals surface area contributed by atoms with E-state index in [0.29, 0.717) is 29.5 Å². The summed E-state index contributed by atoms with van der Waals surface area (Å²) < 4.78 is 61.9. The number of nitrogens with one attached hydrogen (secondary N) is 2. The van der Waals surface area contributed by atoms with Crippen LogP contribution in [-0.4, -0.2) is 47.8 Å². The van der Waals surface area contributed by atoms with Gasteiger partial charge in [-0.25, -0.2) is 16.8 Å². The Bertz CT molecular complexity index is 1520. The first-order valence-electron chi connectivity index (χ1n) is 12.0. The number of hydrogen-bond donors (Lipinski definition) is 2. The van der Waals surface area contributed by atoms with Crippen molar-refractivity contribution in [2.45, 2.75) is 35.5 Å². The lowest BCUT2D eigenvalue weighted by Gasteiger charge is -2.22. The number of methoxy groups -OCH3 is 1. The molecule has 3 aromatic carbocycles. The molecule has 4 rings (SSSR count). The van der Waals surface area contributed by atoms with Crippen molar-refractivity contribution in [1.82, 2.24) is 4.90 Å². The number of carbonyl (C=O) groups is 1. The average molecular weight is 578 g/mol. The third kappa shape index (κ3) is 6.58. The molecular formula is C26H28ClN3O6S2. The molecule has 1 aliphatic rings. The van der Waals surface area contributed by atoms with Crippen LogP contribution in [0.1, 0.15) is 36.0 Å². The van der Waals surface area contributed by atoms with Crippen molar-refractivity contribution in [3.8, 4) is 5.75 Å². The molecule has 9 nitrogen and oxygen atoms in total. The maximum Gasteiger partial charge on any atom is 0.261 e. The average Bonchev–Trinajstić information content (AvgIpc) is 3.17. The molecule has 0 spiro atoms. The molecule has 0 aromatic heterocycles. The van der Waals surface area contributed by atoms with Crippen LogP contribution in [0.5, 0.6) is 5.75 Å².